The van der Waals surface area contributed by atoms with E-state index in [0.717, 1.165) is 18.6 Å². The van der Waals surface area contributed by atoms with Gasteiger partial charge in [-0.3, -0.25) is 0 Å². The minimum atomic E-state index is -1.15. The Balaban J connectivity index is 2.45. The molecule has 0 atom stereocenters. The third-order valence-corrected chi connectivity index (χ3v) is 3.04. The maximum atomic E-state index is 13.1. The molecule has 0 radical (unpaired) electrons. The Kier molecular flexibility index (Phi) is 5.65. The second-order valence-corrected chi connectivity index (χ2v) is 5.44. The summed E-state index contributed by atoms with van der Waals surface area (Å²) in [6.07, 6.45) is 2.00. The highest BCUT2D eigenvalue weighted by Crippen LogP contribution is 2.22. The van der Waals surface area contributed by atoms with E-state index in [1.54, 1.807) is 0 Å². The molecule has 0 bridgehead atoms. The standard InChI is InChI=1S/C15H18F2N2O2/c1-15(2,9-18)5-3-4-6-21-14(20)10-7-11(16)12(17)8-13(10)19/h7-8H,3-6,19H2,1-2H3. The Labute approximate surface area is 122 Å². The number of nitrogens with two attached hydrogens (primary N) is 1. The first-order valence-electron chi connectivity index (χ1n) is 6.60. The molecule has 2 N–H and O–H groups in total. The van der Waals surface area contributed by atoms with Crippen LogP contribution in [0.25, 0.3) is 0 Å². The summed E-state index contributed by atoms with van der Waals surface area (Å²) in [7, 11) is 0. The van der Waals surface area contributed by atoms with Crippen molar-refractivity contribution in [2.24, 2.45) is 5.41 Å². The van der Waals surface area contributed by atoms with Crippen molar-refractivity contribution in [2.45, 2.75) is 33.1 Å². The van der Waals surface area contributed by atoms with Crippen LogP contribution >= 0.6 is 0 Å². The molecule has 0 saturated heterocycles. The first-order chi connectivity index (χ1) is 9.76. The van der Waals surface area contributed by atoms with Crippen LogP contribution in [0.2, 0.25) is 0 Å². The normalized spacial score (nSPS) is 11.0. The SMILES string of the molecule is CC(C)(C#N)CCCCOC(=O)c1cc(F)c(F)cc1N. The second kappa shape index (κ2) is 7.02. The number of carbonyl (C=O) groups excluding carboxylic acids is 1. The van der Waals surface area contributed by atoms with Crippen molar-refractivity contribution in [3.8, 4) is 6.07 Å². The van der Waals surface area contributed by atoms with Gasteiger partial charge in [-0.1, -0.05) is 0 Å². The van der Waals surface area contributed by atoms with E-state index in [2.05, 4.69) is 6.07 Å². The lowest BCUT2D eigenvalue weighted by atomic mass is 9.89. The number of rotatable bonds is 6. The monoisotopic (exact) mass is 296 g/mol. The van der Waals surface area contributed by atoms with Gasteiger partial charge in [0.2, 0.25) is 0 Å². The number of anilines is 1. The molecule has 0 spiro atoms. The summed E-state index contributed by atoms with van der Waals surface area (Å²) in [4.78, 5) is 11.7. The zero-order valence-electron chi connectivity index (χ0n) is 12.1. The predicted molar refractivity (Wildman–Crippen MR) is 74.3 cm³/mol. The number of unbranched alkanes of at least 4 members (excludes halogenated alkanes) is 1. The van der Waals surface area contributed by atoms with Crippen molar-refractivity contribution >= 4 is 11.7 Å². The van der Waals surface area contributed by atoms with Crippen LogP contribution in [0.4, 0.5) is 14.5 Å². The third-order valence-electron chi connectivity index (χ3n) is 3.04. The van der Waals surface area contributed by atoms with Crippen molar-refractivity contribution in [1.82, 2.24) is 0 Å². The number of esters is 1. The van der Waals surface area contributed by atoms with Gasteiger partial charge in [0.1, 0.15) is 0 Å². The van der Waals surface area contributed by atoms with Crippen LogP contribution in [0.3, 0.4) is 0 Å². The molecule has 0 heterocycles. The van der Waals surface area contributed by atoms with Crippen molar-refractivity contribution in [2.75, 3.05) is 12.3 Å². The molecule has 21 heavy (non-hydrogen) atoms. The van der Waals surface area contributed by atoms with Crippen molar-refractivity contribution in [1.29, 1.82) is 5.26 Å². The fourth-order valence-corrected chi connectivity index (χ4v) is 1.71. The van der Waals surface area contributed by atoms with E-state index in [9.17, 15) is 13.6 Å². The quantitative estimate of drug-likeness (QED) is 0.496. The minimum Gasteiger partial charge on any atom is -0.462 e. The van der Waals surface area contributed by atoms with E-state index in [1.807, 2.05) is 13.8 Å². The second-order valence-electron chi connectivity index (χ2n) is 5.44. The summed E-state index contributed by atoms with van der Waals surface area (Å²) in [6.45, 7) is 3.81. The number of benzene rings is 1. The molecule has 0 aliphatic carbocycles. The molecule has 0 amide bonds. The molecule has 1 rings (SSSR count). The van der Waals surface area contributed by atoms with Gasteiger partial charge in [-0.2, -0.15) is 5.26 Å². The first-order valence-corrected chi connectivity index (χ1v) is 6.60. The van der Waals surface area contributed by atoms with Gasteiger partial charge in [0.25, 0.3) is 0 Å². The first kappa shape index (κ1) is 16.9. The molecule has 0 aliphatic heterocycles. The summed E-state index contributed by atoms with van der Waals surface area (Å²) in [5.74, 6) is -3.04. The number of hydrogen-bond donors (Lipinski definition) is 1. The molecule has 0 unspecified atom stereocenters. The van der Waals surface area contributed by atoms with Gasteiger partial charge < -0.3 is 10.5 Å². The summed E-state index contributed by atoms with van der Waals surface area (Å²) < 4.78 is 30.9. The van der Waals surface area contributed by atoms with Gasteiger partial charge in [0.05, 0.1) is 23.7 Å². The van der Waals surface area contributed by atoms with Gasteiger partial charge in [0, 0.05) is 11.8 Å². The molecule has 0 aliphatic rings. The highest BCUT2D eigenvalue weighted by molar-refractivity contribution is 5.95. The third kappa shape index (κ3) is 5.03. The van der Waals surface area contributed by atoms with Crippen LogP contribution in [-0.4, -0.2) is 12.6 Å². The van der Waals surface area contributed by atoms with Gasteiger partial charge >= 0.3 is 5.97 Å². The molecule has 0 aromatic heterocycles. The van der Waals surface area contributed by atoms with Gasteiger partial charge in [-0.05, 0) is 39.2 Å². The van der Waals surface area contributed by atoms with E-state index in [4.69, 9.17) is 15.7 Å². The summed E-state index contributed by atoms with van der Waals surface area (Å²) in [5.41, 5.74) is 4.69. The number of hydrogen-bond acceptors (Lipinski definition) is 4. The minimum absolute atomic E-state index is 0.138. The molecule has 114 valence electrons. The zero-order valence-corrected chi connectivity index (χ0v) is 12.1. The van der Waals surface area contributed by atoms with Crippen LogP contribution in [0.5, 0.6) is 0 Å². The maximum absolute atomic E-state index is 13.1. The van der Waals surface area contributed by atoms with Crippen LogP contribution in [-0.2, 0) is 4.74 Å². The molecular weight excluding hydrogens is 278 g/mol. The largest absolute Gasteiger partial charge is 0.462 e. The maximum Gasteiger partial charge on any atom is 0.340 e. The van der Waals surface area contributed by atoms with Crippen LogP contribution in [0.1, 0.15) is 43.5 Å². The molecule has 0 fully saturated rings. The van der Waals surface area contributed by atoms with E-state index < -0.39 is 23.0 Å². The lowest BCUT2D eigenvalue weighted by Crippen LogP contribution is -2.11. The average molecular weight is 296 g/mol. The van der Waals surface area contributed by atoms with Crippen LogP contribution in [0.15, 0.2) is 12.1 Å². The molecule has 4 nitrogen and oxygen atoms in total. The number of halogens is 2. The molecule has 1 aromatic carbocycles. The highest BCUT2D eigenvalue weighted by Gasteiger charge is 2.17. The topological polar surface area (TPSA) is 76.1 Å². The fourth-order valence-electron chi connectivity index (χ4n) is 1.71. The zero-order chi connectivity index (χ0) is 16.0. The van der Waals surface area contributed by atoms with E-state index >= 15 is 0 Å². The number of nitrogen functional groups attached to an aromatic ring is 1. The van der Waals surface area contributed by atoms with Gasteiger partial charge in [-0.15, -0.1) is 0 Å². The molecule has 1 aromatic rings. The van der Waals surface area contributed by atoms with Gasteiger partial charge in [-0.25, -0.2) is 13.6 Å². The predicted octanol–water partition coefficient (Wildman–Crippen LogP) is 3.42. The summed E-state index contributed by atoms with van der Waals surface area (Å²) in [5, 5.41) is 8.85. The number of carbonyl (C=O) groups is 1. The number of ether oxygens (including phenoxy) is 1. The Morgan fingerprint density at radius 3 is 2.57 bits per heavy atom. The smallest absolute Gasteiger partial charge is 0.340 e. The number of nitrogens with zero attached hydrogens (tertiary/aromatic N) is 1. The van der Waals surface area contributed by atoms with Crippen molar-refractivity contribution < 1.29 is 18.3 Å². The Morgan fingerprint density at radius 1 is 1.33 bits per heavy atom. The van der Waals surface area contributed by atoms with E-state index in [0.29, 0.717) is 12.8 Å². The van der Waals surface area contributed by atoms with Crippen molar-refractivity contribution in [3.63, 3.8) is 0 Å². The van der Waals surface area contributed by atoms with Gasteiger partial charge in [0.15, 0.2) is 11.6 Å². The summed E-state index contributed by atoms with van der Waals surface area (Å²) >= 11 is 0. The average Bonchev–Trinajstić information content (AvgIpc) is 2.42. The van der Waals surface area contributed by atoms with Crippen LogP contribution in [0, 0.1) is 28.4 Å². The Hall–Kier alpha value is -2.16. The Morgan fingerprint density at radius 2 is 1.95 bits per heavy atom. The molecular formula is C15H18F2N2O2. The lowest BCUT2D eigenvalue weighted by Gasteiger charge is -2.14. The van der Waals surface area contributed by atoms with Crippen LogP contribution < -0.4 is 5.73 Å². The molecule has 0 saturated carbocycles. The lowest BCUT2D eigenvalue weighted by molar-refractivity contribution is 0.0497. The number of nitriles is 1. The highest BCUT2D eigenvalue weighted by atomic mass is 19.2. The van der Waals surface area contributed by atoms with Crippen molar-refractivity contribution in [3.05, 3.63) is 29.3 Å². The fraction of sp³-hybridized carbons (Fsp3) is 0.467. The van der Waals surface area contributed by atoms with E-state index in [1.165, 1.54) is 0 Å². The molecule has 6 heteroatoms. The van der Waals surface area contributed by atoms with E-state index in [-0.39, 0.29) is 17.9 Å². The Bertz CT molecular complexity index is 566. The summed E-state index contributed by atoms with van der Waals surface area (Å²) in [6, 6.07) is 3.66.